The molecular weight excluding hydrogens is 1460 g/mol. The predicted molar refractivity (Wildman–Crippen MR) is 411 cm³/mol. The smallest absolute Gasteiger partial charge is 0.245 e. The van der Waals surface area contributed by atoms with Gasteiger partial charge in [0.25, 0.3) is 0 Å². The highest BCUT2D eigenvalue weighted by molar-refractivity contribution is 8.00. The molecule has 0 saturated carbocycles. The fourth-order valence-corrected chi connectivity index (χ4v) is 13.2. The molecule has 0 spiro atoms. The molecule has 37 heteroatoms. The van der Waals surface area contributed by atoms with Crippen LogP contribution in [0.3, 0.4) is 0 Å². The fraction of sp³-hybridized carbons (Fsp3) is 0.459. The van der Waals surface area contributed by atoms with Gasteiger partial charge in [0, 0.05) is 91.1 Å². The van der Waals surface area contributed by atoms with Crippen molar-refractivity contribution in [3.05, 3.63) is 126 Å². The highest BCUT2D eigenvalue weighted by Gasteiger charge is 2.39. The summed E-state index contributed by atoms with van der Waals surface area (Å²) in [5, 5.41) is 53.3. The largest absolute Gasteiger partial charge is 0.394 e. The first-order valence-electron chi connectivity index (χ1n) is 36.4. The Balaban J connectivity index is 1.27. The average molecular weight is 1560 g/mol. The average Bonchev–Trinajstić information content (AvgIpc) is 1.72. The standard InChI is InChI=1S/C74H101N21O15S/c1-8-40(6)62-73(110)90-55(34-96)64(101)83-33-58(98)84-49(23-16-24-80-74(77)78)65(102)88-54(29-57(75)97)67(104)87-52(27-43-31-82-48-22-15-13-20-46(43)48)70(107)92-60(38(2)3)71(108)89-53(28-44-32-79-37-95(44)7)66(103)86-51(26-42-30-81-47-21-14-12-19-45(42)47)69(106)93-61(39(4)5)72(109)91-56(63(76)100)35-111-36-59(99)85-50(68(105)94-62)25-41-17-10-9-11-18-41/h9-15,17-22,30-32,37-40,49-56,60-62,81-82,96H,8,16,23-29,33-36H2,1-7H3,(H2,75,97)(H2,76,100)(H,83,101)(H,84,98)(H,85,99)(H,86,103)(H,87,104)(H,88,102)(H,89,108)(H,90,110)(H,91,109)(H,92,107)(H,93,106)(H,94,105)(H4,77,78,80)/t40-,49-,50-,51-,52-,53-,54-,55-,56-,60-,61-,62-/m0/s1. The van der Waals surface area contributed by atoms with E-state index < -0.39 is 198 Å². The van der Waals surface area contributed by atoms with Crippen LogP contribution in [0.15, 0.2) is 104 Å². The molecule has 14 amide bonds. The Kier molecular flexibility index (Phi) is 32.4. The molecule has 111 heavy (non-hydrogen) atoms. The van der Waals surface area contributed by atoms with Crippen molar-refractivity contribution in [2.45, 2.75) is 159 Å². The van der Waals surface area contributed by atoms with Crippen molar-refractivity contribution in [2.75, 3.05) is 31.2 Å². The zero-order valence-corrected chi connectivity index (χ0v) is 63.6. The second-order valence-electron chi connectivity index (χ2n) is 27.9. The molecule has 0 aliphatic carbocycles. The van der Waals surface area contributed by atoms with E-state index in [0.29, 0.717) is 44.2 Å². The number of rotatable bonds is 20. The molecule has 23 N–H and O–H groups in total. The summed E-state index contributed by atoms with van der Waals surface area (Å²) in [5.74, 6) is -16.8. The van der Waals surface area contributed by atoms with Gasteiger partial charge in [-0.3, -0.25) is 72.5 Å². The molecule has 3 aromatic heterocycles. The van der Waals surface area contributed by atoms with Gasteiger partial charge in [0.1, 0.15) is 66.5 Å². The van der Waals surface area contributed by atoms with Crippen LogP contribution in [0, 0.1) is 23.2 Å². The van der Waals surface area contributed by atoms with Crippen molar-refractivity contribution in [1.82, 2.24) is 88.6 Å². The Morgan fingerprint density at radius 1 is 0.559 bits per heavy atom. The van der Waals surface area contributed by atoms with Gasteiger partial charge in [-0.1, -0.05) is 115 Å². The number of imidazole rings is 1. The van der Waals surface area contributed by atoms with Crippen LogP contribution in [0.4, 0.5) is 0 Å². The number of aromatic nitrogens is 4. The fourth-order valence-electron chi connectivity index (χ4n) is 12.3. The lowest BCUT2D eigenvalue weighted by Gasteiger charge is -2.29. The zero-order valence-electron chi connectivity index (χ0n) is 62.8. The summed E-state index contributed by atoms with van der Waals surface area (Å²) in [7, 11) is 1.64. The van der Waals surface area contributed by atoms with Crippen LogP contribution >= 0.6 is 11.8 Å². The van der Waals surface area contributed by atoms with Crippen molar-refractivity contribution in [3.8, 4) is 0 Å². The highest BCUT2D eigenvalue weighted by Crippen LogP contribution is 2.23. The molecule has 0 bridgehead atoms. The van der Waals surface area contributed by atoms with Gasteiger partial charge in [0.05, 0.1) is 31.7 Å². The monoisotopic (exact) mass is 1560 g/mol. The van der Waals surface area contributed by atoms with Crippen LogP contribution in [0.1, 0.15) is 89.6 Å². The molecule has 4 heterocycles. The number of guanidine groups is 1. The van der Waals surface area contributed by atoms with Crippen LogP contribution < -0.4 is 86.3 Å². The molecule has 0 unspecified atom stereocenters. The first-order chi connectivity index (χ1) is 52.8. The number of carbonyl (C=O) groups excluding carboxylic acids is 14. The van der Waals surface area contributed by atoms with E-state index in [-0.39, 0.29) is 57.2 Å². The third kappa shape index (κ3) is 25.6. The van der Waals surface area contributed by atoms with Gasteiger partial charge >= 0.3 is 0 Å². The molecule has 3 aromatic carbocycles. The molecule has 36 nitrogen and oxygen atoms in total. The molecule has 1 aliphatic rings. The summed E-state index contributed by atoms with van der Waals surface area (Å²) < 4.78 is 1.59. The van der Waals surface area contributed by atoms with E-state index in [1.165, 1.54) is 12.5 Å². The van der Waals surface area contributed by atoms with Crippen molar-refractivity contribution in [2.24, 2.45) is 42.0 Å². The maximum absolute atomic E-state index is 15.2. The van der Waals surface area contributed by atoms with Gasteiger partial charge in [0.2, 0.25) is 82.7 Å². The Morgan fingerprint density at radius 3 is 1.55 bits per heavy atom. The topological polar surface area (TPSA) is 567 Å². The summed E-state index contributed by atoms with van der Waals surface area (Å²) in [5.41, 5.74) is 20.4. The van der Waals surface area contributed by atoms with Gasteiger partial charge in [0.15, 0.2) is 5.96 Å². The molecule has 598 valence electrons. The first kappa shape index (κ1) is 86.3. The van der Waals surface area contributed by atoms with Crippen LogP contribution in [0.5, 0.6) is 0 Å². The number of nitrogens with zero attached hydrogens (tertiary/aromatic N) is 2. The number of benzene rings is 3. The van der Waals surface area contributed by atoms with Gasteiger partial charge in [-0.15, -0.1) is 11.8 Å². The van der Waals surface area contributed by atoms with Crippen LogP contribution in [-0.4, -0.2) is 211 Å². The Hall–Kier alpha value is -11.9. The molecule has 1 fully saturated rings. The summed E-state index contributed by atoms with van der Waals surface area (Å²) >= 11 is 0.860. The minimum Gasteiger partial charge on any atom is -0.394 e. The van der Waals surface area contributed by atoms with E-state index in [9.17, 15) is 53.1 Å². The Morgan fingerprint density at radius 2 is 1.03 bits per heavy atom. The lowest BCUT2D eigenvalue weighted by atomic mass is 9.96. The van der Waals surface area contributed by atoms with Gasteiger partial charge in [-0.05, 0) is 59.4 Å². The number of thioether (sulfide) groups is 1. The second kappa shape index (κ2) is 41.6. The highest BCUT2D eigenvalue weighted by atomic mass is 32.2. The normalized spacial score (nSPS) is 23.2. The van der Waals surface area contributed by atoms with E-state index >= 15 is 19.2 Å². The number of carbonyl (C=O) groups is 14. The number of aliphatic hydroxyl groups excluding tert-OH is 1. The summed E-state index contributed by atoms with van der Waals surface area (Å²) in [4.78, 5) is 211. The predicted octanol–water partition coefficient (Wildman–Crippen LogP) is -3.18. The van der Waals surface area contributed by atoms with E-state index in [0.717, 1.165) is 11.8 Å². The minimum atomic E-state index is -1.87. The van der Waals surface area contributed by atoms with Crippen LogP contribution in [0.25, 0.3) is 21.8 Å². The number of primary amides is 2. The number of aromatic amines is 2. The first-order valence-corrected chi connectivity index (χ1v) is 37.5. The lowest BCUT2D eigenvalue weighted by Crippen LogP contribution is -2.62. The van der Waals surface area contributed by atoms with Gasteiger partial charge in [-0.25, -0.2) is 4.98 Å². The number of hydrogen-bond donors (Lipinski definition) is 20. The maximum Gasteiger partial charge on any atom is 0.245 e. The molecular formula is C74H101N21O15S. The number of aliphatic hydroxyl groups is 1. The lowest BCUT2D eigenvalue weighted by molar-refractivity contribution is -0.137. The van der Waals surface area contributed by atoms with E-state index in [4.69, 9.17) is 22.6 Å². The molecule has 6 aromatic rings. The Bertz CT molecular complexity index is 4320. The molecule has 7 rings (SSSR count). The number of nitrogens with one attached hydrogen (secondary N) is 16. The van der Waals surface area contributed by atoms with E-state index in [2.05, 4.69) is 84.1 Å². The zero-order chi connectivity index (χ0) is 81.2. The second-order valence-corrected chi connectivity index (χ2v) is 29.0. The molecule has 0 radical (unpaired) electrons. The number of nitrogens with two attached hydrogens (primary N) is 3. The van der Waals surface area contributed by atoms with Crippen molar-refractivity contribution >= 4 is 122 Å². The SMILES string of the molecule is CC[C@H](C)[C@@H]1NC(=O)[C@H](Cc2ccccc2)NC(=O)CSC[C@@H](C(N)=O)NC(=O)[C@H](C(C)C)NC(=O)[C@H](Cc2c[nH]c3ccccc23)NC(=O)[C@H](Cc2cncn2C)NC(=O)[C@H](C(C)C)NC(=O)[C@H](Cc2c[nH]c3ccccc23)NC(=O)[C@H](CC(N)=O)NC(=O)[C@H](CCCNC(=N)N)NC(=O)CNC(=O)[C@H](CO)NC1=O. The van der Waals surface area contributed by atoms with Crippen molar-refractivity contribution in [3.63, 3.8) is 0 Å². The van der Waals surface area contributed by atoms with Crippen LogP contribution in [0.2, 0.25) is 0 Å². The molecule has 12 atom stereocenters. The number of aryl methyl sites for hydroxylation is 1. The number of hydrogen-bond acceptors (Lipinski definition) is 18. The minimum absolute atomic E-state index is 0.0145. The third-order valence-electron chi connectivity index (χ3n) is 18.7. The number of fused-ring (bicyclic) bond motifs is 2. The number of amides is 14. The van der Waals surface area contributed by atoms with Gasteiger partial charge < -0.3 is 106 Å². The molecule has 1 saturated heterocycles. The van der Waals surface area contributed by atoms with Gasteiger partial charge in [-0.2, -0.15) is 0 Å². The molecule has 1 aliphatic heterocycles. The van der Waals surface area contributed by atoms with E-state index in [1.807, 2.05) is 0 Å². The van der Waals surface area contributed by atoms with Crippen LogP contribution in [-0.2, 0) is 99.9 Å². The Labute approximate surface area is 644 Å². The summed E-state index contributed by atoms with van der Waals surface area (Å²) in [6.45, 7) is 7.82. The number of H-pyrrole nitrogens is 2. The maximum atomic E-state index is 15.2. The number of para-hydroxylation sites is 2. The quantitative estimate of drug-likeness (QED) is 0.0204. The van der Waals surface area contributed by atoms with Crippen molar-refractivity contribution < 1.29 is 72.2 Å². The summed E-state index contributed by atoms with van der Waals surface area (Å²) in [6, 6.07) is 5.63. The van der Waals surface area contributed by atoms with Crippen molar-refractivity contribution in [1.29, 1.82) is 5.41 Å². The third-order valence-corrected chi connectivity index (χ3v) is 19.8. The summed E-state index contributed by atoms with van der Waals surface area (Å²) in [6.07, 6.45) is 4.47. The van der Waals surface area contributed by atoms with E-state index in [1.54, 1.807) is 144 Å².